The predicted molar refractivity (Wildman–Crippen MR) is 77.2 cm³/mol. The van der Waals surface area contributed by atoms with Crippen LogP contribution in [0.2, 0.25) is 0 Å². The molecule has 0 bridgehead atoms. The zero-order valence-corrected chi connectivity index (χ0v) is 12.4. The number of piperidine rings is 1. The first-order valence-electron chi connectivity index (χ1n) is 7.39. The Morgan fingerprint density at radius 2 is 2.10 bits per heavy atom. The number of carbonyl (C=O) groups excluding carboxylic acids is 1. The molecule has 2 rings (SSSR count). The fourth-order valence-electron chi connectivity index (χ4n) is 2.60. The van der Waals surface area contributed by atoms with Crippen LogP contribution in [-0.4, -0.2) is 35.3 Å². The Kier molecular flexibility index (Phi) is 4.86. The summed E-state index contributed by atoms with van der Waals surface area (Å²) in [6, 6.07) is 2.75. The van der Waals surface area contributed by atoms with Crippen molar-refractivity contribution in [3.8, 4) is 0 Å². The Hall–Kier alpha value is -1.29. The molecule has 2 heterocycles. The first-order valence-corrected chi connectivity index (χ1v) is 7.39. The lowest BCUT2D eigenvalue weighted by Gasteiger charge is -2.38. The zero-order valence-electron chi connectivity index (χ0n) is 12.4. The number of likely N-dealkylation sites (tertiary alicyclic amines) is 1. The zero-order chi connectivity index (χ0) is 14.6. The van der Waals surface area contributed by atoms with Gasteiger partial charge in [-0.15, -0.1) is 0 Å². The van der Waals surface area contributed by atoms with E-state index < -0.39 is 5.82 Å². The van der Waals surface area contributed by atoms with Gasteiger partial charge in [0.25, 0.3) is 0 Å². The van der Waals surface area contributed by atoms with E-state index in [4.69, 9.17) is 0 Å². The maximum atomic E-state index is 12.8. The van der Waals surface area contributed by atoms with Crippen LogP contribution in [0.15, 0.2) is 18.3 Å². The molecule has 1 aromatic rings. The lowest BCUT2D eigenvalue weighted by molar-refractivity contribution is 0.0898. The molecule has 0 amide bonds. The molecule has 1 aliphatic rings. The van der Waals surface area contributed by atoms with Crippen LogP contribution in [0.3, 0.4) is 0 Å². The molecule has 0 radical (unpaired) electrons. The number of Topliss-reactive ketones (excluding diaryl/α,β-unsaturated/α-hetero) is 1. The molecule has 0 aliphatic carbocycles. The van der Waals surface area contributed by atoms with Gasteiger partial charge in [-0.3, -0.25) is 9.78 Å². The van der Waals surface area contributed by atoms with Gasteiger partial charge in [0.2, 0.25) is 0 Å². The van der Waals surface area contributed by atoms with Crippen LogP contribution in [0.5, 0.6) is 0 Å². The summed E-state index contributed by atoms with van der Waals surface area (Å²) < 4.78 is 12.8. The van der Waals surface area contributed by atoms with Gasteiger partial charge in [-0.1, -0.05) is 20.3 Å². The third kappa shape index (κ3) is 3.85. The molecule has 4 heteroatoms. The summed E-state index contributed by atoms with van der Waals surface area (Å²) in [7, 11) is 0. The lowest BCUT2D eigenvalue weighted by Crippen LogP contribution is -2.39. The average molecular weight is 278 g/mol. The van der Waals surface area contributed by atoms with Crippen LogP contribution in [0.4, 0.5) is 4.39 Å². The lowest BCUT2D eigenvalue weighted by atomic mass is 9.78. The topological polar surface area (TPSA) is 33.2 Å². The smallest absolute Gasteiger partial charge is 0.182 e. The summed E-state index contributed by atoms with van der Waals surface area (Å²) in [5.41, 5.74) is 0.834. The Bertz CT molecular complexity index is 450. The Labute approximate surface area is 120 Å². The average Bonchev–Trinajstić information content (AvgIpc) is 2.47. The van der Waals surface area contributed by atoms with Crippen molar-refractivity contribution < 1.29 is 9.18 Å². The fourth-order valence-corrected chi connectivity index (χ4v) is 2.60. The maximum absolute atomic E-state index is 12.8. The highest BCUT2D eigenvalue weighted by atomic mass is 19.1. The number of hydrogen-bond donors (Lipinski definition) is 0. The van der Waals surface area contributed by atoms with Crippen LogP contribution < -0.4 is 0 Å². The van der Waals surface area contributed by atoms with E-state index in [2.05, 4.69) is 23.7 Å². The maximum Gasteiger partial charge on any atom is 0.182 e. The summed E-state index contributed by atoms with van der Waals surface area (Å²) in [6.45, 7) is 7.50. The minimum absolute atomic E-state index is 0.00572. The van der Waals surface area contributed by atoms with Gasteiger partial charge in [0.05, 0.1) is 6.20 Å². The van der Waals surface area contributed by atoms with Crippen LogP contribution >= 0.6 is 0 Å². The molecule has 0 unspecified atom stereocenters. The van der Waals surface area contributed by atoms with Crippen molar-refractivity contribution >= 4 is 5.78 Å². The molecule has 1 aromatic heterocycles. The molecule has 0 atom stereocenters. The number of pyridine rings is 1. The first kappa shape index (κ1) is 15.1. The summed E-state index contributed by atoms with van der Waals surface area (Å²) >= 11 is 0. The standard InChI is InChI=1S/C16H23FN2O/c1-3-16(2)7-10-19(11-8-16)9-6-15(20)14-5-4-13(17)12-18-14/h4-5,12H,3,6-11H2,1-2H3. The highest BCUT2D eigenvalue weighted by Gasteiger charge is 2.28. The number of nitrogens with zero attached hydrogens (tertiary/aromatic N) is 2. The largest absolute Gasteiger partial charge is 0.303 e. The van der Waals surface area contributed by atoms with Gasteiger partial charge in [0.1, 0.15) is 11.5 Å². The van der Waals surface area contributed by atoms with E-state index >= 15 is 0 Å². The summed E-state index contributed by atoms with van der Waals surface area (Å²) in [4.78, 5) is 18.2. The molecule has 3 nitrogen and oxygen atoms in total. The van der Waals surface area contributed by atoms with Gasteiger partial charge < -0.3 is 4.90 Å². The molecule has 1 aliphatic heterocycles. The molecule has 0 spiro atoms. The second kappa shape index (κ2) is 6.44. The molecule has 0 saturated carbocycles. The molecule has 0 N–H and O–H groups in total. The monoisotopic (exact) mass is 278 g/mol. The van der Waals surface area contributed by atoms with Gasteiger partial charge in [0, 0.05) is 13.0 Å². The van der Waals surface area contributed by atoms with Crippen molar-refractivity contribution in [1.29, 1.82) is 0 Å². The van der Waals surface area contributed by atoms with Crippen molar-refractivity contribution in [2.75, 3.05) is 19.6 Å². The van der Waals surface area contributed by atoms with Crippen LogP contribution in [0.1, 0.15) is 50.0 Å². The number of halogens is 1. The van der Waals surface area contributed by atoms with Gasteiger partial charge in [-0.05, 0) is 43.5 Å². The van der Waals surface area contributed by atoms with Crippen molar-refractivity contribution in [3.05, 3.63) is 29.8 Å². The summed E-state index contributed by atoms with van der Waals surface area (Å²) in [5.74, 6) is -0.412. The van der Waals surface area contributed by atoms with Gasteiger partial charge in [0.15, 0.2) is 5.78 Å². The highest BCUT2D eigenvalue weighted by molar-refractivity contribution is 5.94. The van der Waals surface area contributed by atoms with Crippen molar-refractivity contribution in [2.45, 2.75) is 39.5 Å². The van der Waals surface area contributed by atoms with E-state index in [-0.39, 0.29) is 5.78 Å². The van der Waals surface area contributed by atoms with E-state index in [1.54, 1.807) is 0 Å². The fraction of sp³-hybridized carbons (Fsp3) is 0.625. The second-order valence-corrected chi connectivity index (χ2v) is 6.04. The third-order valence-electron chi connectivity index (χ3n) is 4.58. The Morgan fingerprint density at radius 1 is 1.40 bits per heavy atom. The van der Waals surface area contributed by atoms with Crippen LogP contribution in [0.25, 0.3) is 0 Å². The number of rotatable bonds is 5. The Balaban J connectivity index is 1.79. The van der Waals surface area contributed by atoms with Gasteiger partial charge >= 0.3 is 0 Å². The minimum Gasteiger partial charge on any atom is -0.303 e. The second-order valence-electron chi connectivity index (χ2n) is 6.04. The minimum atomic E-state index is -0.406. The third-order valence-corrected chi connectivity index (χ3v) is 4.58. The van der Waals surface area contributed by atoms with E-state index in [9.17, 15) is 9.18 Å². The molecular formula is C16H23FN2O. The molecule has 110 valence electrons. The van der Waals surface area contributed by atoms with E-state index in [1.165, 1.54) is 31.4 Å². The molecule has 0 aromatic carbocycles. The predicted octanol–water partition coefficient (Wildman–Crippen LogP) is 3.31. The molecule has 20 heavy (non-hydrogen) atoms. The quantitative estimate of drug-likeness (QED) is 0.775. The van der Waals surface area contributed by atoms with Gasteiger partial charge in [-0.2, -0.15) is 0 Å². The van der Waals surface area contributed by atoms with Crippen molar-refractivity contribution in [3.63, 3.8) is 0 Å². The molecule has 1 saturated heterocycles. The molecular weight excluding hydrogens is 255 g/mol. The highest BCUT2D eigenvalue weighted by Crippen LogP contribution is 2.33. The number of ketones is 1. The number of hydrogen-bond acceptors (Lipinski definition) is 3. The van der Waals surface area contributed by atoms with E-state index in [0.717, 1.165) is 25.8 Å². The van der Waals surface area contributed by atoms with E-state index in [0.29, 0.717) is 17.5 Å². The first-order chi connectivity index (χ1) is 9.52. The van der Waals surface area contributed by atoms with Gasteiger partial charge in [-0.25, -0.2) is 4.39 Å². The Morgan fingerprint density at radius 3 is 2.65 bits per heavy atom. The van der Waals surface area contributed by atoms with Crippen LogP contribution in [0, 0.1) is 11.2 Å². The van der Waals surface area contributed by atoms with Crippen LogP contribution in [-0.2, 0) is 0 Å². The number of carbonyl (C=O) groups is 1. The number of aromatic nitrogens is 1. The normalized spacial score (nSPS) is 18.9. The van der Waals surface area contributed by atoms with E-state index in [1.807, 2.05) is 0 Å². The summed E-state index contributed by atoms with van der Waals surface area (Å²) in [5, 5.41) is 0. The van der Waals surface area contributed by atoms with Crippen molar-refractivity contribution in [1.82, 2.24) is 9.88 Å². The van der Waals surface area contributed by atoms with Crippen molar-refractivity contribution in [2.24, 2.45) is 5.41 Å². The summed E-state index contributed by atoms with van der Waals surface area (Å²) in [6.07, 6.45) is 5.18. The SMILES string of the molecule is CCC1(C)CCN(CCC(=O)c2ccc(F)cn2)CC1. The molecule has 1 fully saturated rings.